The number of aryl methyl sites for hydroxylation is 2. The van der Waals surface area contributed by atoms with Crippen LogP contribution in [0.5, 0.6) is 0 Å². The van der Waals surface area contributed by atoms with Crippen molar-refractivity contribution in [1.29, 1.82) is 0 Å². The smallest absolute Gasteiger partial charge is 0.263 e. The molecule has 0 atom stereocenters. The average Bonchev–Trinajstić information content (AvgIpc) is 2.64. The molecule has 0 aliphatic carbocycles. The number of hydrogen-bond acceptors (Lipinski definition) is 5. The molecule has 0 saturated carbocycles. The van der Waals surface area contributed by atoms with Crippen LogP contribution in [-0.2, 0) is 0 Å². The minimum atomic E-state index is 0.408. The summed E-state index contributed by atoms with van der Waals surface area (Å²) < 4.78 is 1.34. The third-order valence-electron chi connectivity index (χ3n) is 2.32. The Morgan fingerprint density at radius 2 is 1.94 bits per heavy atom. The summed E-state index contributed by atoms with van der Waals surface area (Å²) in [7, 11) is 0. The lowest BCUT2D eigenvalue weighted by Gasteiger charge is -1.99. The van der Waals surface area contributed by atoms with Gasteiger partial charge in [-0.1, -0.05) is 29.8 Å². The van der Waals surface area contributed by atoms with Crippen molar-refractivity contribution in [3.63, 3.8) is 0 Å². The molecule has 88 valence electrons. The van der Waals surface area contributed by atoms with Gasteiger partial charge in [-0.15, -0.1) is 10.2 Å². The first-order chi connectivity index (χ1) is 8.16. The topological polar surface area (TPSA) is 81.1 Å². The van der Waals surface area contributed by atoms with Gasteiger partial charge in [0.2, 0.25) is 0 Å². The molecule has 2 aromatic rings. The molecule has 0 unspecified atom stereocenters. The van der Waals surface area contributed by atoms with Gasteiger partial charge in [0.05, 0.1) is 6.21 Å². The molecule has 1 heterocycles. The first-order valence-corrected chi connectivity index (χ1v) is 5.19. The molecule has 0 spiro atoms. The first kappa shape index (κ1) is 11.1. The van der Waals surface area contributed by atoms with E-state index in [1.165, 1.54) is 10.2 Å². The molecule has 0 bridgehead atoms. The molecule has 0 amide bonds. The number of nitrogens with one attached hydrogen (secondary N) is 1. The summed E-state index contributed by atoms with van der Waals surface area (Å²) in [6, 6.07) is 8.02. The van der Waals surface area contributed by atoms with Crippen LogP contribution in [0.1, 0.15) is 17.0 Å². The third-order valence-corrected chi connectivity index (χ3v) is 2.32. The van der Waals surface area contributed by atoms with Gasteiger partial charge in [-0.05, 0) is 19.4 Å². The Bertz CT molecular complexity index is 525. The normalized spacial score (nSPS) is 10.9. The average molecular weight is 230 g/mol. The zero-order valence-electron chi connectivity index (χ0n) is 9.75. The van der Waals surface area contributed by atoms with Crippen LogP contribution in [0.2, 0.25) is 0 Å². The summed E-state index contributed by atoms with van der Waals surface area (Å²) in [4.78, 5) is 0. The Morgan fingerprint density at radius 1 is 1.24 bits per heavy atom. The van der Waals surface area contributed by atoms with E-state index in [1.54, 1.807) is 13.1 Å². The van der Waals surface area contributed by atoms with Crippen LogP contribution >= 0.6 is 0 Å². The number of hydrazone groups is 1. The Hall–Kier alpha value is -2.37. The molecule has 0 radical (unpaired) electrons. The van der Waals surface area contributed by atoms with E-state index in [-0.39, 0.29) is 0 Å². The Kier molecular flexibility index (Phi) is 3.04. The highest BCUT2D eigenvalue weighted by Gasteiger charge is 2.02. The van der Waals surface area contributed by atoms with Gasteiger partial charge >= 0.3 is 0 Å². The lowest BCUT2D eigenvalue weighted by Crippen LogP contribution is -2.13. The highest BCUT2D eigenvalue weighted by molar-refractivity contribution is 5.80. The predicted octanol–water partition coefficient (Wildman–Crippen LogP) is 1.05. The fraction of sp³-hybridized carbons (Fsp3) is 0.182. The quantitative estimate of drug-likeness (QED) is 0.469. The summed E-state index contributed by atoms with van der Waals surface area (Å²) in [6.07, 6.45) is 1.70. The van der Waals surface area contributed by atoms with Crippen LogP contribution in [0.25, 0.3) is 0 Å². The number of hydrogen-bond donors (Lipinski definition) is 2. The minimum Gasteiger partial charge on any atom is -0.335 e. The van der Waals surface area contributed by atoms with Gasteiger partial charge in [-0.3, -0.25) is 0 Å². The van der Waals surface area contributed by atoms with Gasteiger partial charge in [0.15, 0.2) is 5.82 Å². The van der Waals surface area contributed by atoms with Gasteiger partial charge < -0.3 is 5.84 Å². The predicted molar refractivity (Wildman–Crippen MR) is 67.3 cm³/mol. The largest absolute Gasteiger partial charge is 0.335 e. The maximum atomic E-state index is 5.66. The first-order valence-electron chi connectivity index (χ1n) is 5.19. The van der Waals surface area contributed by atoms with E-state index < -0.39 is 0 Å². The molecule has 3 N–H and O–H groups in total. The lowest BCUT2D eigenvalue weighted by atomic mass is 10.2. The fourth-order valence-electron chi connectivity index (χ4n) is 1.26. The molecular weight excluding hydrogens is 216 g/mol. The van der Waals surface area contributed by atoms with Crippen molar-refractivity contribution in [2.75, 3.05) is 11.3 Å². The van der Waals surface area contributed by atoms with Crippen LogP contribution in [0.4, 0.5) is 5.95 Å². The summed E-state index contributed by atoms with van der Waals surface area (Å²) in [5.41, 5.74) is 4.95. The highest BCUT2D eigenvalue weighted by Crippen LogP contribution is 2.02. The second-order valence-corrected chi connectivity index (χ2v) is 3.72. The monoisotopic (exact) mass is 230 g/mol. The van der Waals surface area contributed by atoms with Crippen molar-refractivity contribution in [3.05, 3.63) is 41.2 Å². The molecule has 1 aromatic heterocycles. The number of aromatic nitrogens is 3. The number of nitrogens with two attached hydrogens (primary N) is 1. The van der Waals surface area contributed by atoms with Gasteiger partial charge in [0.1, 0.15) is 0 Å². The Morgan fingerprint density at radius 3 is 2.53 bits per heavy atom. The lowest BCUT2D eigenvalue weighted by molar-refractivity contribution is 0.926. The molecule has 0 fully saturated rings. The van der Waals surface area contributed by atoms with Crippen molar-refractivity contribution in [2.45, 2.75) is 13.8 Å². The van der Waals surface area contributed by atoms with Crippen LogP contribution in [0.15, 0.2) is 29.4 Å². The van der Waals surface area contributed by atoms with Gasteiger partial charge in [0.25, 0.3) is 5.95 Å². The van der Waals surface area contributed by atoms with Crippen molar-refractivity contribution < 1.29 is 0 Å². The van der Waals surface area contributed by atoms with E-state index in [1.807, 2.05) is 31.2 Å². The summed E-state index contributed by atoms with van der Waals surface area (Å²) in [5.74, 6) is 6.69. The third kappa shape index (κ3) is 2.60. The number of nitrogen functional groups attached to an aromatic ring is 1. The van der Waals surface area contributed by atoms with Gasteiger partial charge in [-0.25, -0.2) is 10.1 Å². The summed E-state index contributed by atoms with van der Waals surface area (Å²) >= 11 is 0. The molecule has 6 nitrogen and oxygen atoms in total. The molecule has 0 saturated heterocycles. The highest BCUT2D eigenvalue weighted by atomic mass is 15.5. The second kappa shape index (κ2) is 4.65. The van der Waals surface area contributed by atoms with Crippen LogP contribution in [-0.4, -0.2) is 21.1 Å². The van der Waals surface area contributed by atoms with E-state index in [0.717, 1.165) is 5.56 Å². The van der Waals surface area contributed by atoms with Crippen molar-refractivity contribution in [2.24, 2.45) is 5.10 Å². The van der Waals surface area contributed by atoms with E-state index in [4.69, 9.17) is 5.84 Å². The Balaban J connectivity index is 2.03. The summed E-state index contributed by atoms with van der Waals surface area (Å²) in [5, 5.41) is 11.7. The molecule has 0 aliphatic rings. The molecule has 0 aliphatic heterocycles. The second-order valence-electron chi connectivity index (χ2n) is 3.72. The molecule has 6 heteroatoms. The minimum absolute atomic E-state index is 0.408. The van der Waals surface area contributed by atoms with Crippen molar-refractivity contribution >= 4 is 12.2 Å². The van der Waals surface area contributed by atoms with Gasteiger partial charge in [0, 0.05) is 0 Å². The zero-order valence-corrected chi connectivity index (χ0v) is 9.75. The van der Waals surface area contributed by atoms with E-state index in [9.17, 15) is 0 Å². The van der Waals surface area contributed by atoms with E-state index in [2.05, 4.69) is 20.7 Å². The fourth-order valence-corrected chi connectivity index (χ4v) is 1.26. The molecule has 1 aromatic carbocycles. The molecular formula is C11H14N6. The maximum absolute atomic E-state index is 5.66. The van der Waals surface area contributed by atoms with Crippen molar-refractivity contribution in [1.82, 2.24) is 14.9 Å². The molecule has 17 heavy (non-hydrogen) atoms. The van der Waals surface area contributed by atoms with Crippen LogP contribution in [0.3, 0.4) is 0 Å². The zero-order chi connectivity index (χ0) is 12.3. The Labute approximate surface area is 99.1 Å². The van der Waals surface area contributed by atoms with Crippen LogP contribution < -0.4 is 11.3 Å². The molecule has 2 rings (SSSR count). The van der Waals surface area contributed by atoms with E-state index in [0.29, 0.717) is 11.8 Å². The summed E-state index contributed by atoms with van der Waals surface area (Å²) in [6.45, 7) is 3.81. The number of anilines is 1. The standard InChI is InChI=1S/C11H14N6/c1-8-3-5-10(6-4-8)7-13-15-11-16-14-9(2)17(11)12/h3-7H,12H2,1-2H3,(H,15,16). The number of benzene rings is 1. The van der Waals surface area contributed by atoms with Crippen molar-refractivity contribution in [3.8, 4) is 0 Å². The number of rotatable bonds is 3. The van der Waals surface area contributed by atoms with Crippen LogP contribution in [0, 0.1) is 13.8 Å². The van der Waals surface area contributed by atoms with E-state index >= 15 is 0 Å². The number of nitrogens with zero attached hydrogens (tertiary/aromatic N) is 4. The van der Waals surface area contributed by atoms with Gasteiger partial charge in [-0.2, -0.15) is 5.10 Å². The maximum Gasteiger partial charge on any atom is 0.263 e. The SMILES string of the molecule is Cc1ccc(C=NNc2nnc(C)n2N)cc1.